The number of aromatic nitrogens is 6. The molecule has 2 aliphatic rings. The first-order valence-corrected chi connectivity index (χ1v) is 25.5. The van der Waals surface area contributed by atoms with Crippen LogP contribution in [-0.2, 0) is 88.0 Å². The number of amides is 3. The van der Waals surface area contributed by atoms with Gasteiger partial charge in [-0.2, -0.15) is 0 Å². The lowest BCUT2D eigenvalue weighted by Gasteiger charge is -2.41. The number of carbonyl (C=O) groups excluding carboxylic acids is 3. The molecule has 0 saturated heterocycles. The fraction of sp³-hybridized carbons (Fsp3) is 0.660. The highest BCUT2D eigenvalue weighted by Crippen LogP contribution is 2.28. The van der Waals surface area contributed by atoms with Gasteiger partial charge in [0.05, 0.1) is 148 Å². The van der Waals surface area contributed by atoms with Gasteiger partial charge in [0.2, 0.25) is 29.2 Å². The number of nitrogens with one attached hydrogen (secondary N) is 3. The van der Waals surface area contributed by atoms with E-state index in [1.807, 2.05) is 6.92 Å². The van der Waals surface area contributed by atoms with Gasteiger partial charge >= 0.3 is 11.9 Å². The van der Waals surface area contributed by atoms with Gasteiger partial charge in [-0.25, -0.2) is 23.9 Å². The van der Waals surface area contributed by atoms with Gasteiger partial charge in [-0.1, -0.05) is 23.9 Å². The first-order chi connectivity index (χ1) is 38.2. The SMILES string of the molecule is C=C(N)N[C@H]1C=C(C(=O)O)O[C@@H]([C@H](OCCn2cc(CN(Cc3cn(CCO[C@@H]([C@@H]4OC(C(=O)O)=C[C@H](N=C(N)N)[C@H]4NC(C)=O)[C@H](O)CO)nn3)C(=O)CCOCCOCCOCCOCCC)nn2)[C@H](O)CO)[C@@H]1NC(C)=O. The third kappa shape index (κ3) is 21.9. The van der Waals surface area contributed by atoms with Crippen molar-refractivity contribution in [3.05, 3.63) is 59.9 Å². The van der Waals surface area contributed by atoms with Crippen molar-refractivity contribution in [3.63, 3.8) is 0 Å². The average Bonchev–Trinajstić information content (AvgIpc) is 4.06. The van der Waals surface area contributed by atoms with Crippen LogP contribution in [0.4, 0.5) is 0 Å². The second-order valence-electron chi connectivity index (χ2n) is 18.1. The van der Waals surface area contributed by atoms with Crippen molar-refractivity contribution in [2.24, 2.45) is 22.2 Å². The molecule has 15 N–H and O–H groups in total. The predicted octanol–water partition coefficient (Wildman–Crippen LogP) is -5.48. The topological polar surface area (TPSA) is 472 Å². The Morgan fingerprint density at radius 2 is 1.15 bits per heavy atom. The lowest BCUT2D eigenvalue weighted by atomic mass is 9.91. The number of aliphatic carboxylic acids is 2. The van der Waals surface area contributed by atoms with Crippen LogP contribution in [0.15, 0.2) is 53.5 Å². The number of aliphatic hydroxyl groups is 4. The van der Waals surface area contributed by atoms with E-state index in [1.165, 1.54) is 46.6 Å². The molecular weight excluding hydrogens is 1060 g/mol. The zero-order chi connectivity index (χ0) is 58.7. The van der Waals surface area contributed by atoms with Crippen LogP contribution in [0.3, 0.4) is 0 Å². The summed E-state index contributed by atoms with van der Waals surface area (Å²) in [4.78, 5) is 68.0. The third-order valence-corrected chi connectivity index (χ3v) is 11.7. The highest BCUT2D eigenvalue weighted by atomic mass is 16.6. The zero-order valence-corrected chi connectivity index (χ0v) is 44.8. The lowest BCUT2D eigenvalue weighted by molar-refractivity contribution is -0.155. The number of hydrogen-bond acceptors (Lipinski definition) is 24. The summed E-state index contributed by atoms with van der Waals surface area (Å²) in [6.07, 6.45) is -2.84. The summed E-state index contributed by atoms with van der Waals surface area (Å²) < 4.78 is 48.2. The maximum absolute atomic E-state index is 13.9. The molecular formula is C47H76N14O19. The lowest BCUT2D eigenvalue weighted by Crippen LogP contribution is -2.63. The van der Waals surface area contributed by atoms with Gasteiger partial charge in [-0.05, 0) is 18.6 Å². The first kappa shape index (κ1) is 65.4. The number of carboxylic acid groups (broad SMARTS) is 2. The summed E-state index contributed by atoms with van der Waals surface area (Å²) in [7, 11) is 0. The largest absolute Gasteiger partial charge is 0.478 e. The molecule has 33 heteroatoms. The van der Waals surface area contributed by atoms with E-state index in [0.29, 0.717) is 44.4 Å². The smallest absolute Gasteiger partial charge is 0.370 e. The summed E-state index contributed by atoms with van der Waals surface area (Å²) in [6, 6.07) is -4.40. The van der Waals surface area contributed by atoms with Crippen LogP contribution in [0.2, 0.25) is 0 Å². The molecule has 0 radical (unpaired) electrons. The summed E-state index contributed by atoms with van der Waals surface area (Å²) in [5, 5.41) is 86.2. The second kappa shape index (κ2) is 34.1. The summed E-state index contributed by atoms with van der Waals surface area (Å²) >= 11 is 0. The minimum Gasteiger partial charge on any atom is -0.478 e. The van der Waals surface area contributed by atoms with Crippen molar-refractivity contribution < 1.29 is 92.5 Å². The van der Waals surface area contributed by atoms with Crippen LogP contribution in [0.25, 0.3) is 0 Å². The molecule has 3 amide bonds. The van der Waals surface area contributed by atoms with Crippen molar-refractivity contribution in [1.82, 2.24) is 50.8 Å². The van der Waals surface area contributed by atoms with Gasteiger partial charge in [0.1, 0.15) is 35.8 Å². The Kier molecular flexibility index (Phi) is 27.9. The maximum Gasteiger partial charge on any atom is 0.370 e. The Bertz CT molecular complexity index is 2380. The molecule has 0 fully saturated rings. The van der Waals surface area contributed by atoms with Crippen molar-refractivity contribution in [2.75, 3.05) is 79.3 Å². The molecule has 448 valence electrons. The van der Waals surface area contributed by atoms with E-state index in [0.717, 1.165) is 12.5 Å². The van der Waals surface area contributed by atoms with E-state index >= 15 is 0 Å². The van der Waals surface area contributed by atoms with Gasteiger partial charge in [0, 0.05) is 20.5 Å². The molecule has 0 bridgehead atoms. The van der Waals surface area contributed by atoms with Gasteiger partial charge < -0.3 is 107 Å². The van der Waals surface area contributed by atoms with Crippen molar-refractivity contribution in [2.45, 2.75) is 121 Å². The molecule has 4 heterocycles. The Morgan fingerprint density at radius 3 is 1.59 bits per heavy atom. The fourth-order valence-electron chi connectivity index (χ4n) is 8.18. The summed E-state index contributed by atoms with van der Waals surface area (Å²) in [5.74, 6) is -6.09. The van der Waals surface area contributed by atoms with Crippen LogP contribution in [0.1, 0.15) is 45.0 Å². The van der Waals surface area contributed by atoms with Crippen molar-refractivity contribution in [1.29, 1.82) is 0 Å². The number of aliphatic hydroxyl groups excluding tert-OH is 4. The number of aliphatic imine (C=N–C) groups is 1. The van der Waals surface area contributed by atoms with E-state index in [-0.39, 0.29) is 77.4 Å². The number of rotatable bonds is 39. The Morgan fingerprint density at radius 1 is 0.700 bits per heavy atom. The van der Waals surface area contributed by atoms with E-state index in [1.54, 1.807) is 0 Å². The van der Waals surface area contributed by atoms with E-state index in [9.17, 15) is 54.6 Å². The molecule has 33 nitrogen and oxygen atoms in total. The summed E-state index contributed by atoms with van der Waals surface area (Å²) in [5.41, 5.74) is 17.6. The molecule has 0 aliphatic carbocycles. The molecule has 0 aromatic carbocycles. The van der Waals surface area contributed by atoms with Crippen molar-refractivity contribution >= 4 is 35.6 Å². The van der Waals surface area contributed by atoms with E-state index in [2.05, 4.69) is 48.1 Å². The van der Waals surface area contributed by atoms with Gasteiger partial charge in [0.25, 0.3) is 0 Å². The van der Waals surface area contributed by atoms with E-state index < -0.39 is 115 Å². The van der Waals surface area contributed by atoms with Gasteiger partial charge in [-0.3, -0.25) is 14.4 Å². The highest BCUT2D eigenvalue weighted by Gasteiger charge is 2.46. The molecule has 2 aromatic heterocycles. The standard InChI is InChI=1S/C47H76N14O19/c1-5-9-73-13-15-75-17-18-76-16-14-74-10-6-38(68)59(21-30-23-60(57-55-30)7-11-77-41(34(66)25-62)43-39(52-28(3)64)32(51-27(2)48)19-36(79-43)45(69)70)22-31-24-61(58-56-31)8-12-78-42(35(67)26-63)44-40(53-29(4)65)33(54-47(49)50)20-37(80-44)46(71)72/h19-20,23-24,32-35,39-44,51,62-63,66-67H,2,5-18,21-22,25-26,48H2,1,3-4H3,(H,52,64)(H,53,65)(H,69,70)(H,71,72)(H4,49,50,54)/t32-,33-,34+,35+,39+,40+,41+,42+,43+,44+/m0/s1. The molecule has 2 aromatic rings. The van der Waals surface area contributed by atoms with Crippen LogP contribution in [0, 0.1) is 0 Å². The Labute approximate surface area is 459 Å². The van der Waals surface area contributed by atoms with E-state index in [4.69, 9.17) is 55.1 Å². The summed E-state index contributed by atoms with van der Waals surface area (Å²) in [6.45, 7) is 8.40. The quantitative estimate of drug-likeness (QED) is 0.0169. The van der Waals surface area contributed by atoms with Crippen LogP contribution >= 0.6 is 0 Å². The molecule has 2 aliphatic heterocycles. The van der Waals surface area contributed by atoms with Gasteiger partial charge in [-0.15, -0.1) is 10.2 Å². The van der Waals surface area contributed by atoms with Gasteiger partial charge in [0.15, 0.2) is 18.2 Å². The average molecular weight is 1140 g/mol. The number of carbonyl (C=O) groups is 5. The molecule has 80 heavy (non-hydrogen) atoms. The number of nitrogens with zero attached hydrogens (tertiary/aromatic N) is 8. The van der Waals surface area contributed by atoms with Crippen LogP contribution in [-0.4, -0.2) is 241 Å². The number of guanidine groups is 1. The number of hydrogen-bond donors (Lipinski definition) is 12. The molecule has 10 atom stereocenters. The number of ether oxygens (including phenoxy) is 8. The second-order valence-corrected chi connectivity index (χ2v) is 18.1. The number of carboxylic acids is 2. The predicted molar refractivity (Wildman–Crippen MR) is 274 cm³/mol. The zero-order valence-electron chi connectivity index (χ0n) is 44.8. The normalized spacial score (nSPS) is 20.3. The Hall–Kier alpha value is -7.08. The highest BCUT2D eigenvalue weighted by molar-refractivity contribution is 5.85. The minimum absolute atomic E-state index is 0.0208. The fourth-order valence-corrected chi connectivity index (χ4v) is 8.18. The molecule has 0 saturated carbocycles. The molecule has 0 unspecified atom stereocenters. The monoisotopic (exact) mass is 1140 g/mol. The Balaban J connectivity index is 1.46. The third-order valence-electron chi connectivity index (χ3n) is 11.7. The van der Waals surface area contributed by atoms with Crippen LogP contribution < -0.4 is 33.2 Å². The van der Waals surface area contributed by atoms with Crippen LogP contribution in [0.5, 0.6) is 0 Å². The molecule has 4 rings (SSSR count). The maximum atomic E-state index is 13.9. The van der Waals surface area contributed by atoms with Crippen molar-refractivity contribution in [3.8, 4) is 0 Å². The first-order valence-electron chi connectivity index (χ1n) is 25.5. The minimum atomic E-state index is -1.66. The molecule has 0 spiro atoms. The number of nitrogens with two attached hydrogens (primary N) is 3.